The van der Waals surface area contributed by atoms with Gasteiger partial charge >= 0.3 is 0 Å². The molecule has 0 fully saturated rings. The Morgan fingerprint density at radius 1 is 1.57 bits per heavy atom. The molecule has 0 radical (unpaired) electrons. The third kappa shape index (κ3) is 3.12. The van der Waals surface area contributed by atoms with Crippen molar-refractivity contribution in [2.24, 2.45) is 5.73 Å². The minimum atomic E-state index is -1.03. The van der Waals surface area contributed by atoms with E-state index < -0.39 is 10.8 Å². The van der Waals surface area contributed by atoms with Gasteiger partial charge in [0.1, 0.15) is 5.75 Å². The van der Waals surface area contributed by atoms with E-state index in [9.17, 15) is 4.21 Å². The first-order valence-corrected chi connectivity index (χ1v) is 5.73. The second kappa shape index (κ2) is 5.12. The second-order valence-electron chi connectivity index (χ2n) is 3.17. The van der Waals surface area contributed by atoms with Gasteiger partial charge in [-0.25, -0.2) is 0 Å². The molecule has 1 aromatic carbocycles. The van der Waals surface area contributed by atoms with Gasteiger partial charge in [0, 0.05) is 16.7 Å². The van der Waals surface area contributed by atoms with Crippen molar-refractivity contribution in [3.8, 4) is 5.75 Å². The third-order valence-electron chi connectivity index (χ3n) is 1.72. The van der Waals surface area contributed by atoms with E-state index in [0.717, 1.165) is 10.6 Å². The molecule has 0 aliphatic carbocycles. The lowest BCUT2D eigenvalue weighted by Crippen LogP contribution is -2.22. The number of methoxy groups -OCH3 is 1. The lowest BCUT2D eigenvalue weighted by molar-refractivity contribution is 0.413. The number of rotatable bonds is 4. The molecule has 0 aliphatic heterocycles. The van der Waals surface area contributed by atoms with Crippen molar-refractivity contribution in [1.82, 2.24) is 0 Å². The van der Waals surface area contributed by atoms with E-state index >= 15 is 0 Å². The summed E-state index contributed by atoms with van der Waals surface area (Å²) in [5.74, 6) is 1.20. The molecule has 0 aliphatic rings. The number of benzene rings is 1. The Kier molecular flexibility index (Phi) is 4.10. The van der Waals surface area contributed by atoms with Crippen LogP contribution in [0.4, 0.5) is 0 Å². The summed E-state index contributed by atoms with van der Waals surface area (Å²) in [5, 5.41) is 0. The molecule has 3 nitrogen and oxygen atoms in total. The van der Waals surface area contributed by atoms with Gasteiger partial charge in [0.15, 0.2) is 0 Å². The van der Waals surface area contributed by atoms with Crippen molar-refractivity contribution in [1.29, 1.82) is 0 Å². The molecule has 0 aromatic heterocycles. The number of nitrogens with two attached hydrogens (primary N) is 1. The molecular weight excluding hydrogens is 198 g/mol. The van der Waals surface area contributed by atoms with Gasteiger partial charge in [0.2, 0.25) is 0 Å². The SMILES string of the molecule is COc1cccc(S(=O)CC(C)N)c1. The molecule has 2 N–H and O–H groups in total. The summed E-state index contributed by atoms with van der Waals surface area (Å²) in [6, 6.07) is 7.20. The molecule has 0 heterocycles. The number of hydrogen-bond acceptors (Lipinski definition) is 3. The molecule has 0 saturated heterocycles. The fourth-order valence-corrected chi connectivity index (χ4v) is 2.23. The Bertz CT molecular complexity index is 326. The van der Waals surface area contributed by atoms with Gasteiger partial charge in [-0.15, -0.1) is 0 Å². The average Bonchev–Trinajstić information content (AvgIpc) is 2.17. The van der Waals surface area contributed by atoms with Crippen LogP contribution in [0.1, 0.15) is 6.92 Å². The van der Waals surface area contributed by atoms with Crippen molar-refractivity contribution in [2.75, 3.05) is 12.9 Å². The van der Waals surface area contributed by atoms with Crippen LogP contribution in [0.2, 0.25) is 0 Å². The molecule has 0 spiro atoms. The third-order valence-corrected chi connectivity index (χ3v) is 3.33. The first-order valence-electron chi connectivity index (χ1n) is 4.41. The minimum Gasteiger partial charge on any atom is -0.497 e. The van der Waals surface area contributed by atoms with E-state index in [4.69, 9.17) is 10.5 Å². The topological polar surface area (TPSA) is 52.3 Å². The Hall–Kier alpha value is -0.870. The summed E-state index contributed by atoms with van der Waals surface area (Å²) in [6.45, 7) is 1.85. The van der Waals surface area contributed by atoms with Crippen molar-refractivity contribution >= 4 is 10.8 Å². The zero-order chi connectivity index (χ0) is 10.6. The summed E-state index contributed by atoms with van der Waals surface area (Å²) in [6.07, 6.45) is 0. The van der Waals surface area contributed by atoms with Crippen LogP contribution in [0, 0.1) is 0 Å². The van der Waals surface area contributed by atoms with Gasteiger partial charge in [0.05, 0.1) is 17.9 Å². The highest BCUT2D eigenvalue weighted by atomic mass is 32.2. The molecule has 4 heteroatoms. The number of ether oxygens (including phenoxy) is 1. The zero-order valence-electron chi connectivity index (χ0n) is 8.40. The van der Waals surface area contributed by atoms with Crippen LogP contribution < -0.4 is 10.5 Å². The molecule has 1 aromatic rings. The van der Waals surface area contributed by atoms with Gasteiger partial charge in [-0.05, 0) is 25.1 Å². The van der Waals surface area contributed by atoms with Crippen molar-refractivity contribution in [2.45, 2.75) is 17.9 Å². The number of hydrogen-bond donors (Lipinski definition) is 1. The fraction of sp³-hybridized carbons (Fsp3) is 0.400. The summed E-state index contributed by atoms with van der Waals surface area (Å²) in [5.41, 5.74) is 5.58. The van der Waals surface area contributed by atoms with Crippen LogP contribution in [0.15, 0.2) is 29.2 Å². The van der Waals surface area contributed by atoms with E-state index in [1.54, 1.807) is 13.2 Å². The first-order chi connectivity index (χ1) is 6.63. The lowest BCUT2D eigenvalue weighted by Gasteiger charge is -2.06. The van der Waals surface area contributed by atoms with Crippen LogP contribution in [-0.2, 0) is 10.8 Å². The summed E-state index contributed by atoms with van der Waals surface area (Å²) in [7, 11) is 0.560. The average molecular weight is 213 g/mol. The monoisotopic (exact) mass is 213 g/mol. The predicted molar refractivity (Wildman–Crippen MR) is 57.9 cm³/mol. The predicted octanol–water partition coefficient (Wildman–Crippen LogP) is 1.15. The summed E-state index contributed by atoms with van der Waals surface area (Å²) >= 11 is 0. The van der Waals surface area contributed by atoms with E-state index in [0.29, 0.717) is 5.75 Å². The quantitative estimate of drug-likeness (QED) is 0.816. The van der Waals surface area contributed by atoms with Crippen LogP contribution in [-0.4, -0.2) is 23.1 Å². The molecule has 0 bridgehead atoms. The van der Waals surface area contributed by atoms with Crippen LogP contribution in [0.25, 0.3) is 0 Å². The molecule has 0 saturated carbocycles. The van der Waals surface area contributed by atoms with Crippen molar-refractivity contribution < 1.29 is 8.95 Å². The van der Waals surface area contributed by atoms with Gasteiger partial charge in [-0.2, -0.15) is 0 Å². The molecule has 0 amide bonds. The van der Waals surface area contributed by atoms with E-state index in [1.165, 1.54) is 0 Å². The highest BCUT2D eigenvalue weighted by molar-refractivity contribution is 7.85. The van der Waals surface area contributed by atoms with Gasteiger partial charge in [-0.3, -0.25) is 4.21 Å². The molecule has 1 rings (SSSR count). The summed E-state index contributed by atoms with van der Waals surface area (Å²) < 4.78 is 16.7. The Balaban J connectivity index is 2.79. The van der Waals surface area contributed by atoms with Gasteiger partial charge in [-0.1, -0.05) is 6.07 Å². The maximum atomic E-state index is 11.7. The van der Waals surface area contributed by atoms with Crippen LogP contribution >= 0.6 is 0 Å². The van der Waals surface area contributed by atoms with Crippen molar-refractivity contribution in [3.05, 3.63) is 24.3 Å². The molecule has 2 unspecified atom stereocenters. The van der Waals surface area contributed by atoms with Gasteiger partial charge < -0.3 is 10.5 Å². The van der Waals surface area contributed by atoms with Crippen LogP contribution in [0.5, 0.6) is 5.75 Å². The molecular formula is C10H15NO2S. The van der Waals surface area contributed by atoms with E-state index in [-0.39, 0.29) is 6.04 Å². The molecule has 14 heavy (non-hydrogen) atoms. The summed E-state index contributed by atoms with van der Waals surface area (Å²) in [4.78, 5) is 0.765. The Morgan fingerprint density at radius 2 is 2.29 bits per heavy atom. The maximum absolute atomic E-state index is 11.7. The molecule has 78 valence electrons. The van der Waals surface area contributed by atoms with Crippen molar-refractivity contribution in [3.63, 3.8) is 0 Å². The largest absolute Gasteiger partial charge is 0.497 e. The maximum Gasteiger partial charge on any atom is 0.120 e. The highest BCUT2D eigenvalue weighted by Gasteiger charge is 2.06. The Morgan fingerprint density at radius 3 is 2.86 bits per heavy atom. The lowest BCUT2D eigenvalue weighted by atomic mass is 10.3. The molecule has 2 atom stereocenters. The normalized spacial score (nSPS) is 14.8. The first kappa shape index (κ1) is 11.2. The van der Waals surface area contributed by atoms with Gasteiger partial charge in [0.25, 0.3) is 0 Å². The highest BCUT2D eigenvalue weighted by Crippen LogP contribution is 2.15. The zero-order valence-corrected chi connectivity index (χ0v) is 9.21. The second-order valence-corrected chi connectivity index (χ2v) is 4.66. The Labute approximate surface area is 86.7 Å². The van der Waals surface area contributed by atoms with E-state index in [1.807, 2.05) is 25.1 Å². The fourth-order valence-electron chi connectivity index (χ4n) is 1.08. The van der Waals surface area contributed by atoms with Crippen LogP contribution in [0.3, 0.4) is 0 Å². The smallest absolute Gasteiger partial charge is 0.120 e. The standard InChI is InChI=1S/C10H15NO2S/c1-8(11)7-14(12)10-5-3-4-9(6-10)13-2/h3-6,8H,7,11H2,1-2H3. The van der Waals surface area contributed by atoms with E-state index in [2.05, 4.69) is 0 Å². The minimum absolute atomic E-state index is 0.0537.